The van der Waals surface area contributed by atoms with Crippen LogP contribution in [0.15, 0.2) is 30.6 Å². The largest absolute Gasteiger partial charge is 0.508 e. The lowest BCUT2D eigenvalue weighted by Crippen LogP contribution is -2.34. The maximum atomic E-state index is 10.1. The number of piperidine rings is 1. The Morgan fingerprint density at radius 2 is 2.08 bits per heavy atom. The molecule has 0 bridgehead atoms. The quantitative estimate of drug-likeness (QED) is 0.844. The molecule has 0 saturated carbocycles. The summed E-state index contributed by atoms with van der Waals surface area (Å²) < 4.78 is 0. The van der Waals surface area contributed by atoms with Crippen LogP contribution in [-0.4, -0.2) is 41.3 Å². The minimum Gasteiger partial charge on any atom is -0.508 e. The summed E-state index contributed by atoms with van der Waals surface area (Å²) in [6.45, 7) is 4.11. The summed E-state index contributed by atoms with van der Waals surface area (Å²) in [6, 6.07) is 8.36. The molecule has 0 radical (unpaired) electrons. The van der Waals surface area contributed by atoms with Crippen LogP contribution in [-0.2, 0) is 6.42 Å². The summed E-state index contributed by atoms with van der Waals surface area (Å²) in [4.78, 5) is 10.8. The van der Waals surface area contributed by atoms with Crippen LogP contribution in [0.5, 0.6) is 5.75 Å². The molecule has 2 heterocycles. The molecule has 1 saturated heterocycles. The Morgan fingerprint density at radius 1 is 1.20 bits per heavy atom. The number of hydrogen-bond acceptors (Lipinski definition) is 5. The number of nitrogens with zero attached hydrogens (tertiary/aromatic N) is 3. The van der Waals surface area contributed by atoms with E-state index in [1.165, 1.54) is 19.3 Å². The van der Waals surface area contributed by atoms with Gasteiger partial charge >= 0.3 is 0 Å². The number of anilines is 1. The Morgan fingerprint density at radius 3 is 2.84 bits per heavy atom. The highest BCUT2D eigenvalue weighted by Gasteiger charge is 2.13. The average Bonchev–Trinajstić information content (AvgIpc) is 2.66. The zero-order valence-corrected chi connectivity index (χ0v) is 15.2. The molecule has 25 heavy (non-hydrogen) atoms. The van der Waals surface area contributed by atoms with Crippen LogP contribution in [0.2, 0.25) is 0 Å². The molecule has 2 aromatic rings. The van der Waals surface area contributed by atoms with Gasteiger partial charge in [-0.3, -0.25) is 0 Å². The number of benzene rings is 1. The first-order chi connectivity index (χ1) is 12.2. The maximum absolute atomic E-state index is 10.1. The molecular formula is C20H28N4O. The minimum atomic E-state index is 0.299. The van der Waals surface area contributed by atoms with Crippen molar-refractivity contribution in [2.45, 2.75) is 45.1 Å². The standard InChI is InChI=1S/C20H28N4O/c1-3-24(2)20-13-19(22-14-23-20)16-10-15(11-18(25)12-16)7-8-17-6-4-5-9-21-17/h10-14,17,21,25H,3-9H2,1-2H3. The summed E-state index contributed by atoms with van der Waals surface area (Å²) in [5, 5.41) is 13.7. The summed E-state index contributed by atoms with van der Waals surface area (Å²) in [5.74, 6) is 1.19. The highest BCUT2D eigenvalue weighted by Crippen LogP contribution is 2.27. The maximum Gasteiger partial charge on any atom is 0.132 e. The zero-order valence-electron chi connectivity index (χ0n) is 15.2. The predicted molar refractivity (Wildman–Crippen MR) is 102 cm³/mol. The van der Waals surface area contributed by atoms with Crippen LogP contribution in [0.3, 0.4) is 0 Å². The molecule has 1 atom stereocenters. The highest BCUT2D eigenvalue weighted by atomic mass is 16.3. The van der Waals surface area contributed by atoms with Gasteiger partial charge in [-0.2, -0.15) is 0 Å². The average molecular weight is 340 g/mol. The van der Waals surface area contributed by atoms with E-state index in [4.69, 9.17) is 0 Å². The molecule has 1 aliphatic rings. The van der Waals surface area contributed by atoms with Crippen molar-refractivity contribution in [3.8, 4) is 17.0 Å². The Bertz CT molecular complexity index is 698. The number of nitrogens with one attached hydrogen (secondary N) is 1. The molecule has 0 spiro atoms. The van der Waals surface area contributed by atoms with E-state index >= 15 is 0 Å². The fraction of sp³-hybridized carbons (Fsp3) is 0.500. The number of phenolic OH excluding ortho intramolecular Hbond substituents is 1. The van der Waals surface area contributed by atoms with Crippen molar-refractivity contribution in [3.05, 3.63) is 36.2 Å². The summed E-state index contributed by atoms with van der Waals surface area (Å²) in [6.07, 6.45) is 7.52. The van der Waals surface area contributed by atoms with E-state index in [9.17, 15) is 5.11 Å². The smallest absolute Gasteiger partial charge is 0.132 e. The number of aromatic nitrogens is 2. The molecule has 1 aliphatic heterocycles. The first-order valence-electron chi connectivity index (χ1n) is 9.25. The van der Waals surface area contributed by atoms with Crippen molar-refractivity contribution < 1.29 is 5.11 Å². The van der Waals surface area contributed by atoms with Gasteiger partial charge in [-0.25, -0.2) is 9.97 Å². The van der Waals surface area contributed by atoms with Gasteiger partial charge in [0.25, 0.3) is 0 Å². The molecule has 1 aromatic heterocycles. The Balaban J connectivity index is 1.77. The van der Waals surface area contributed by atoms with Crippen molar-refractivity contribution in [3.63, 3.8) is 0 Å². The number of hydrogen-bond donors (Lipinski definition) is 2. The van der Waals surface area contributed by atoms with Gasteiger partial charge in [0.15, 0.2) is 0 Å². The first kappa shape index (κ1) is 17.7. The van der Waals surface area contributed by atoms with E-state index in [2.05, 4.69) is 33.2 Å². The molecular weight excluding hydrogens is 312 g/mol. The SMILES string of the molecule is CCN(C)c1cc(-c2cc(O)cc(CCC3CCCCN3)c2)ncn1. The number of aryl methyl sites for hydroxylation is 1. The van der Waals surface area contributed by atoms with E-state index in [-0.39, 0.29) is 0 Å². The molecule has 5 nitrogen and oxygen atoms in total. The molecule has 1 fully saturated rings. The van der Waals surface area contributed by atoms with Gasteiger partial charge in [0.05, 0.1) is 5.69 Å². The van der Waals surface area contributed by atoms with Crippen LogP contribution in [0.1, 0.15) is 38.2 Å². The van der Waals surface area contributed by atoms with E-state index < -0.39 is 0 Å². The van der Waals surface area contributed by atoms with Crippen molar-refractivity contribution in [1.29, 1.82) is 0 Å². The van der Waals surface area contributed by atoms with Crippen LogP contribution in [0.25, 0.3) is 11.3 Å². The van der Waals surface area contributed by atoms with Gasteiger partial charge in [0.2, 0.25) is 0 Å². The van der Waals surface area contributed by atoms with Gasteiger partial charge in [-0.05, 0) is 62.9 Å². The topological polar surface area (TPSA) is 61.3 Å². The monoisotopic (exact) mass is 340 g/mol. The van der Waals surface area contributed by atoms with Gasteiger partial charge in [-0.15, -0.1) is 0 Å². The Kier molecular flexibility index (Phi) is 5.87. The normalized spacial score (nSPS) is 17.4. The van der Waals surface area contributed by atoms with E-state index in [0.717, 1.165) is 48.6 Å². The zero-order chi connectivity index (χ0) is 17.6. The Hall–Kier alpha value is -2.14. The van der Waals surface area contributed by atoms with Crippen LogP contribution >= 0.6 is 0 Å². The van der Waals surface area contributed by atoms with Gasteiger partial charge in [0.1, 0.15) is 17.9 Å². The van der Waals surface area contributed by atoms with E-state index in [1.807, 2.05) is 19.2 Å². The molecule has 1 aromatic carbocycles. The lowest BCUT2D eigenvalue weighted by atomic mass is 9.96. The van der Waals surface area contributed by atoms with Crippen LogP contribution < -0.4 is 10.2 Å². The first-order valence-corrected chi connectivity index (χ1v) is 9.25. The second kappa shape index (κ2) is 8.30. The number of rotatable bonds is 6. The van der Waals surface area contributed by atoms with Gasteiger partial charge in [0, 0.05) is 31.3 Å². The molecule has 0 amide bonds. The number of phenols is 1. The lowest BCUT2D eigenvalue weighted by molar-refractivity contribution is 0.382. The third kappa shape index (κ3) is 4.69. The van der Waals surface area contributed by atoms with Crippen molar-refractivity contribution in [2.24, 2.45) is 0 Å². The second-order valence-corrected chi connectivity index (χ2v) is 6.85. The third-order valence-corrected chi connectivity index (χ3v) is 4.99. The molecule has 0 aliphatic carbocycles. The van der Waals surface area contributed by atoms with Crippen molar-refractivity contribution in [2.75, 3.05) is 25.0 Å². The van der Waals surface area contributed by atoms with E-state index in [1.54, 1.807) is 12.4 Å². The highest BCUT2D eigenvalue weighted by molar-refractivity contribution is 5.65. The lowest BCUT2D eigenvalue weighted by Gasteiger charge is -2.23. The second-order valence-electron chi connectivity index (χ2n) is 6.85. The molecule has 3 rings (SSSR count). The predicted octanol–water partition coefficient (Wildman–Crippen LogP) is 3.38. The molecule has 5 heteroatoms. The molecule has 2 N–H and O–H groups in total. The molecule has 1 unspecified atom stereocenters. The summed E-state index contributed by atoms with van der Waals surface area (Å²) in [5.41, 5.74) is 2.95. The van der Waals surface area contributed by atoms with Gasteiger partial charge in [-0.1, -0.05) is 6.42 Å². The fourth-order valence-corrected chi connectivity index (χ4v) is 3.35. The van der Waals surface area contributed by atoms with Crippen LogP contribution in [0, 0.1) is 0 Å². The van der Waals surface area contributed by atoms with Gasteiger partial charge < -0.3 is 15.3 Å². The Labute approximate surface area is 150 Å². The minimum absolute atomic E-state index is 0.299. The number of aromatic hydroxyl groups is 1. The molecule has 134 valence electrons. The summed E-state index contributed by atoms with van der Waals surface area (Å²) in [7, 11) is 2.01. The fourth-order valence-electron chi connectivity index (χ4n) is 3.35. The van der Waals surface area contributed by atoms with Crippen LogP contribution in [0.4, 0.5) is 5.82 Å². The summed E-state index contributed by atoms with van der Waals surface area (Å²) >= 11 is 0. The van der Waals surface area contributed by atoms with E-state index in [0.29, 0.717) is 11.8 Å². The van der Waals surface area contributed by atoms with Crippen molar-refractivity contribution in [1.82, 2.24) is 15.3 Å². The third-order valence-electron chi connectivity index (χ3n) is 4.99. The van der Waals surface area contributed by atoms with Crippen molar-refractivity contribution >= 4 is 5.82 Å².